The third-order valence-electron chi connectivity index (χ3n) is 3.59. The lowest BCUT2D eigenvalue weighted by atomic mass is 9.75. The van der Waals surface area contributed by atoms with Crippen molar-refractivity contribution in [2.75, 3.05) is 0 Å². The first-order chi connectivity index (χ1) is 5.25. The molecule has 2 aliphatic rings. The Morgan fingerprint density at radius 3 is 2.91 bits per heavy atom. The minimum Gasteiger partial charge on any atom is -0.0885 e. The van der Waals surface area contributed by atoms with Gasteiger partial charge >= 0.3 is 0 Å². The van der Waals surface area contributed by atoms with Crippen LogP contribution in [0.5, 0.6) is 0 Å². The van der Waals surface area contributed by atoms with Crippen LogP contribution in [0.3, 0.4) is 0 Å². The Balaban J connectivity index is 2.06. The van der Waals surface area contributed by atoms with Crippen molar-refractivity contribution in [3.63, 3.8) is 0 Å². The lowest BCUT2D eigenvalue weighted by Gasteiger charge is -2.11. The molecule has 0 heterocycles. The number of fused-ring (bicyclic) bond motifs is 1. The molecule has 0 aromatic heterocycles. The zero-order valence-electron chi connectivity index (χ0n) is 7.22. The molecule has 1 fully saturated rings. The molecule has 0 aliphatic heterocycles. The van der Waals surface area contributed by atoms with Crippen LogP contribution in [-0.4, -0.2) is 7.85 Å². The Kier molecular flexibility index (Phi) is 1.62. The Morgan fingerprint density at radius 2 is 2.09 bits per heavy atom. The summed E-state index contributed by atoms with van der Waals surface area (Å²) in [4.78, 5) is 0. The molecule has 2 rings (SSSR count). The number of hydrogen-bond donors (Lipinski definition) is 0. The minimum atomic E-state index is 0.227. The van der Waals surface area contributed by atoms with Crippen molar-refractivity contribution in [3.8, 4) is 0 Å². The van der Waals surface area contributed by atoms with Crippen molar-refractivity contribution in [1.29, 1.82) is 0 Å². The zero-order chi connectivity index (χ0) is 7.90. The van der Waals surface area contributed by atoms with Crippen LogP contribution in [0.2, 0.25) is 5.31 Å². The molecular weight excluding hydrogens is 131 g/mol. The maximum atomic E-state index is 6.23. The van der Waals surface area contributed by atoms with Crippen LogP contribution in [0.4, 0.5) is 0 Å². The van der Waals surface area contributed by atoms with E-state index in [1.165, 1.54) is 25.7 Å². The van der Waals surface area contributed by atoms with E-state index in [0.717, 1.165) is 11.8 Å². The first-order valence-corrected chi connectivity index (χ1v) is 4.69. The topological polar surface area (TPSA) is 0 Å². The van der Waals surface area contributed by atoms with E-state index >= 15 is 0 Å². The van der Waals surface area contributed by atoms with Crippen LogP contribution in [0.15, 0.2) is 12.2 Å². The maximum Gasteiger partial charge on any atom is 0.0754 e. The molecule has 0 N–H and O–H groups in total. The highest BCUT2D eigenvalue weighted by Gasteiger charge is 2.55. The predicted molar refractivity (Wildman–Crippen MR) is 48.7 cm³/mol. The molecule has 0 spiro atoms. The fraction of sp³-hybridized carbons (Fsp3) is 0.800. The SMILES string of the molecule is [B]C12CC/C=C\CCC1C2C. The molecule has 1 saturated carbocycles. The number of allylic oxidation sites excluding steroid dienone is 2. The van der Waals surface area contributed by atoms with Gasteiger partial charge in [-0.15, -0.1) is 0 Å². The van der Waals surface area contributed by atoms with E-state index in [9.17, 15) is 0 Å². The summed E-state index contributed by atoms with van der Waals surface area (Å²) < 4.78 is 0. The predicted octanol–water partition coefficient (Wildman–Crippen LogP) is 2.71. The van der Waals surface area contributed by atoms with Gasteiger partial charge in [0.15, 0.2) is 0 Å². The number of rotatable bonds is 0. The van der Waals surface area contributed by atoms with E-state index in [0.29, 0.717) is 0 Å². The van der Waals surface area contributed by atoms with Gasteiger partial charge in [0.25, 0.3) is 0 Å². The molecule has 2 aliphatic carbocycles. The zero-order valence-corrected chi connectivity index (χ0v) is 7.22. The summed E-state index contributed by atoms with van der Waals surface area (Å²) in [5.41, 5.74) is 0. The second-order valence-corrected chi connectivity index (χ2v) is 4.09. The van der Waals surface area contributed by atoms with Crippen molar-refractivity contribution in [3.05, 3.63) is 12.2 Å². The van der Waals surface area contributed by atoms with Crippen LogP contribution < -0.4 is 0 Å². The van der Waals surface area contributed by atoms with Crippen molar-refractivity contribution in [2.24, 2.45) is 11.8 Å². The normalized spacial score (nSPS) is 52.1. The van der Waals surface area contributed by atoms with Gasteiger partial charge in [0, 0.05) is 0 Å². The van der Waals surface area contributed by atoms with Gasteiger partial charge in [-0.3, -0.25) is 0 Å². The van der Waals surface area contributed by atoms with Crippen LogP contribution in [0.25, 0.3) is 0 Å². The summed E-state index contributed by atoms with van der Waals surface area (Å²) >= 11 is 0. The molecule has 0 nitrogen and oxygen atoms in total. The molecule has 2 radical (unpaired) electrons. The van der Waals surface area contributed by atoms with Gasteiger partial charge < -0.3 is 0 Å². The summed E-state index contributed by atoms with van der Waals surface area (Å²) in [5, 5.41) is 0.227. The fourth-order valence-electron chi connectivity index (χ4n) is 2.53. The van der Waals surface area contributed by atoms with Gasteiger partial charge in [-0.25, -0.2) is 0 Å². The Morgan fingerprint density at radius 1 is 1.36 bits per heavy atom. The van der Waals surface area contributed by atoms with Crippen molar-refractivity contribution < 1.29 is 0 Å². The van der Waals surface area contributed by atoms with E-state index in [4.69, 9.17) is 7.85 Å². The van der Waals surface area contributed by atoms with Crippen molar-refractivity contribution >= 4 is 7.85 Å². The summed E-state index contributed by atoms with van der Waals surface area (Å²) in [7, 11) is 6.23. The van der Waals surface area contributed by atoms with Crippen LogP contribution in [0.1, 0.15) is 32.6 Å². The summed E-state index contributed by atoms with van der Waals surface area (Å²) in [6.45, 7) is 2.30. The van der Waals surface area contributed by atoms with Gasteiger partial charge in [-0.05, 0) is 31.1 Å². The molecule has 0 bridgehead atoms. The Hall–Kier alpha value is -0.195. The third kappa shape index (κ3) is 1.05. The minimum absolute atomic E-state index is 0.227. The van der Waals surface area contributed by atoms with Gasteiger partial charge in [0.05, 0.1) is 7.85 Å². The lowest BCUT2D eigenvalue weighted by Crippen LogP contribution is -1.97. The monoisotopic (exact) mass is 146 g/mol. The standard InChI is InChI=1S/C10H15B/c1-8-9-6-4-2-3-5-7-10(8,9)11/h2-3,8-9H,4-7H2,1H3/b3-2-. The first-order valence-electron chi connectivity index (χ1n) is 4.69. The molecule has 0 saturated heterocycles. The third-order valence-corrected chi connectivity index (χ3v) is 3.59. The molecule has 0 aromatic carbocycles. The van der Waals surface area contributed by atoms with Gasteiger partial charge in [0.1, 0.15) is 0 Å². The highest BCUT2D eigenvalue weighted by Crippen LogP contribution is 2.67. The molecule has 0 aromatic rings. The maximum absolute atomic E-state index is 6.23. The van der Waals surface area contributed by atoms with E-state index in [1.54, 1.807) is 0 Å². The highest BCUT2D eigenvalue weighted by atomic mass is 14.6. The lowest BCUT2D eigenvalue weighted by molar-refractivity contribution is 0.620. The molecule has 1 heteroatoms. The van der Waals surface area contributed by atoms with Crippen LogP contribution >= 0.6 is 0 Å². The average Bonchev–Trinajstić information content (AvgIpc) is 2.40. The van der Waals surface area contributed by atoms with Crippen LogP contribution in [-0.2, 0) is 0 Å². The largest absolute Gasteiger partial charge is 0.0885 e. The summed E-state index contributed by atoms with van der Waals surface area (Å²) in [6, 6.07) is 0. The fourth-order valence-corrected chi connectivity index (χ4v) is 2.53. The van der Waals surface area contributed by atoms with Gasteiger partial charge in [-0.1, -0.05) is 30.8 Å². The summed E-state index contributed by atoms with van der Waals surface area (Å²) in [6.07, 6.45) is 9.55. The molecule has 11 heavy (non-hydrogen) atoms. The smallest absolute Gasteiger partial charge is 0.0754 e. The van der Waals surface area contributed by atoms with E-state index in [1.807, 2.05) is 0 Å². The van der Waals surface area contributed by atoms with Gasteiger partial charge in [0.2, 0.25) is 0 Å². The quantitative estimate of drug-likeness (QED) is 0.364. The van der Waals surface area contributed by atoms with E-state index in [-0.39, 0.29) is 5.31 Å². The van der Waals surface area contributed by atoms with Gasteiger partial charge in [-0.2, -0.15) is 0 Å². The molecule has 3 unspecified atom stereocenters. The van der Waals surface area contributed by atoms with Crippen molar-refractivity contribution in [2.45, 2.75) is 37.9 Å². The molecule has 58 valence electrons. The average molecular weight is 146 g/mol. The van der Waals surface area contributed by atoms with Crippen molar-refractivity contribution in [1.82, 2.24) is 0 Å². The second kappa shape index (κ2) is 2.40. The van der Waals surface area contributed by atoms with Crippen LogP contribution in [0, 0.1) is 11.8 Å². The Labute approximate surface area is 70.5 Å². The molecule has 0 amide bonds. The van der Waals surface area contributed by atoms with E-state index < -0.39 is 0 Å². The summed E-state index contributed by atoms with van der Waals surface area (Å²) in [5.74, 6) is 1.61. The number of hydrogen-bond acceptors (Lipinski definition) is 0. The Bertz CT molecular complexity index is 185. The van der Waals surface area contributed by atoms with E-state index in [2.05, 4.69) is 19.1 Å². The molecule has 3 atom stereocenters. The molecular formula is C10H15B. The first kappa shape index (κ1) is 7.45. The second-order valence-electron chi connectivity index (χ2n) is 4.09. The highest BCUT2D eigenvalue weighted by molar-refractivity contribution is 6.18.